The molecule has 1 aromatic heterocycles. The smallest absolute Gasteiger partial charge is 0.274 e. The van der Waals surface area contributed by atoms with Gasteiger partial charge in [0.25, 0.3) is 5.69 Å². The summed E-state index contributed by atoms with van der Waals surface area (Å²) in [5.74, 6) is 0. The number of rotatable bonds is 3. The average molecular weight is 314 g/mol. The molecule has 3 rings (SSSR count). The van der Waals surface area contributed by atoms with Crippen molar-refractivity contribution in [3.8, 4) is 0 Å². The molecule has 3 aromatic rings. The summed E-state index contributed by atoms with van der Waals surface area (Å²) in [4.78, 5) is 14.9. The quantitative estimate of drug-likeness (QED) is 0.554. The predicted molar refractivity (Wildman–Crippen MR) is 87.9 cm³/mol. The van der Waals surface area contributed by atoms with Crippen LogP contribution >= 0.6 is 11.6 Å². The standard InChI is InChI=1S/C16H12ClN3O2/c1-10-2-4-12(9-16(10)20(21)22)19-15-6-7-18-14-5-3-11(17)8-13(14)15/h2-9H,1H3,(H,18,19). The molecule has 22 heavy (non-hydrogen) atoms. The fourth-order valence-corrected chi connectivity index (χ4v) is 2.44. The summed E-state index contributed by atoms with van der Waals surface area (Å²) in [6, 6.07) is 12.3. The number of nitro groups is 1. The van der Waals surface area contributed by atoms with Crippen LogP contribution in [0.15, 0.2) is 48.7 Å². The summed E-state index contributed by atoms with van der Waals surface area (Å²) < 4.78 is 0. The maximum absolute atomic E-state index is 11.0. The van der Waals surface area contributed by atoms with Crippen LogP contribution in [0.5, 0.6) is 0 Å². The van der Waals surface area contributed by atoms with E-state index in [2.05, 4.69) is 10.3 Å². The molecular weight excluding hydrogens is 302 g/mol. The Hall–Kier alpha value is -2.66. The third kappa shape index (κ3) is 2.71. The van der Waals surface area contributed by atoms with Gasteiger partial charge in [0.15, 0.2) is 0 Å². The molecule has 0 amide bonds. The molecule has 0 aliphatic heterocycles. The molecule has 0 fully saturated rings. The highest BCUT2D eigenvalue weighted by atomic mass is 35.5. The van der Waals surface area contributed by atoms with Crippen LogP contribution in [-0.4, -0.2) is 9.91 Å². The number of benzene rings is 2. The fraction of sp³-hybridized carbons (Fsp3) is 0.0625. The van der Waals surface area contributed by atoms with Crippen LogP contribution < -0.4 is 5.32 Å². The summed E-state index contributed by atoms with van der Waals surface area (Å²) in [7, 11) is 0. The number of nitrogens with zero attached hydrogens (tertiary/aromatic N) is 2. The Morgan fingerprint density at radius 1 is 1.18 bits per heavy atom. The van der Waals surface area contributed by atoms with Crippen molar-refractivity contribution in [2.24, 2.45) is 0 Å². The number of anilines is 2. The summed E-state index contributed by atoms with van der Waals surface area (Å²) in [6.07, 6.45) is 1.68. The molecule has 0 unspecified atom stereocenters. The van der Waals surface area contributed by atoms with Gasteiger partial charge < -0.3 is 5.32 Å². The molecule has 110 valence electrons. The molecular formula is C16H12ClN3O2. The molecule has 1 N–H and O–H groups in total. The zero-order chi connectivity index (χ0) is 15.7. The maximum Gasteiger partial charge on any atom is 0.274 e. The van der Waals surface area contributed by atoms with Gasteiger partial charge in [-0.25, -0.2) is 0 Å². The lowest BCUT2D eigenvalue weighted by molar-refractivity contribution is -0.385. The number of halogens is 1. The van der Waals surface area contributed by atoms with Crippen molar-refractivity contribution in [2.45, 2.75) is 6.92 Å². The van der Waals surface area contributed by atoms with Crippen molar-refractivity contribution in [3.05, 3.63) is 69.4 Å². The van der Waals surface area contributed by atoms with Crippen molar-refractivity contribution in [1.82, 2.24) is 4.98 Å². The van der Waals surface area contributed by atoms with Gasteiger partial charge >= 0.3 is 0 Å². The van der Waals surface area contributed by atoms with Crippen LogP contribution in [0.25, 0.3) is 10.9 Å². The zero-order valence-electron chi connectivity index (χ0n) is 11.7. The molecule has 0 bridgehead atoms. The Morgan fingerprint density at radius 3 is 2.77 bits per heavy atom. The van der Waals surface area contributed by atoms with E-state index in [1.165, 1.54) is 6.07 Å². The monoisotopic (exact) mass is 313 g/mol. The first kappa shape index (κ1) is 14.3. The average Bonchev–Trinajstić information content (AvgIpc) is 2.49. The SMILES string of the molecule is Cc1ccc(Nc2ccnc3ccc(Cl)cc23)cc1[N+](=O)[O-]. The predicted octanol–water partition coefficient (Wildman–Crippen LogP) is 4.85. The largest absolute Gasteiger partial charge is 0.355 e. The van der Waals surface area contributed by atoms with Gasteiger partial charge in [-0.15, -0.1) is 0 Å². The van der Waals surface area contributed by atoms with E-state index in [0.29, 0.717) is 16.3 Å². The second-order valence-electron chi connectivity index (χ2n) is 4.90. The Balaban J connectivity index is 2.05. The number of fused-ring (bicyclic) bond motifs is 1. The van der Waals surface area contributed by atoms with Gasteiger partial charge in [-0.05, 0) is 37.3 Å². The Morgan fingerprint density at radius 2 is 2.00 bits per heavy atom. The first-order valence-electron chi connectivity index (χ1n) is 6.61. The Labute approximate surface area is 131 Å². The van der Waals surface area contributed by atoms with Crippen molar-refractivity contribution in [1.29, 1.82) is 0 Å². The molecule has 0 aliphatic rings. The minimum Gasteiger partial charge on any atom is -0.355 e. The van der Waals surface area contributed by atoms with Gasteiger partial charge in [-0.3, -0.25) is 15.1 Å². The Kier molecular flexibility index (Phi) is 3.65. The molecule has 1 heterocycles. The van der Waals surface area contributed by atoms with Crippen LogP contribution in [0.3, 0.4) is 0 Å². The molecule has 0 saturated heterocycles. The van der Waals surface area contributed by atoms with E-state index in [1.54, 1.807) is 31.3 Å². The molecule has 0 saturated carbocycles. The molecule has 5 nitrogen and oxygen atoms in total. The molecule has 6 heteroatoms. The summed E-state index contributed by atoms with van der Waals surface area (Å²) in [5.41, 5.74) is 2.95. The second kappa shape index (κ2) is 5.61. The third-order valence-electron chi connectivity index (χ3n) is 3.39. The zero-order valence-corrected chi connectivity index (χ0v) is 12.5. The van der Waals surface area contributed by atoms with Crippen LogP contribution in [0.1, 0.15) is 5.56 Å². The fourth-order valence-electron chi connectivity index (χ4n) is 2.27. The normalized spacial score (nSPS) is 10.6. The number of hydrogen-bond donors (Lipinski definition) is 1. The van der Waals surface area contributed by atoms with E-state index >= 15 is 0 Å². The van der Waals surface area contributed by atoms with E-state index in [-0.39, 0.29) is 10.6 Å². The molecule has 0 radical (unpaired) electrons. The number of hydrogen-bond acceptors (Lipinski definition) is 4. The maximum atomic E-state index is 11.0. The Bertz CT molecular complexity index is 880. The first-order chi connectivity index (χ1) is 10.5. The summed E-state index contributed by atoms with van der Waals surface area (Å²) >= 11 is 6.04. The molecule has 0 atom stereocenters. The van der Waals surface area contributed by atoms with E-state index in [4.69, 9.17) is 11.6 Å². The van der Waals surface area contributed by atoms with Gasteiger partial charge in [-0.2, -0.15) is 0 Å². The van der Waals surface area contributed by atoms with Gasteiger partial charge in [-0.1, -0.05) is 17.7 Å². The first-order valence-corrected chi connectivity index (χ1v) is 6.99. The third-order valence-corrected chi connectivity index (χ3v) is 3.62. The van der Waals surface area contributed by atoms with Crippen molar-refractivity contribution in [2.75, 3.05) is 5.32 Å². The highest BCUT2D eigenvalue weighted by Crippen LogP contribution is 2.29. The van der Waals surface area contributed by atoms with Crippen molar-refractivity contribution < 1.29 is 4.92 Å². The topological polar surface area (TPSA) is 68.1 Å². The van der Waals surface area contributed by atoms with Crippen LogP contribution in [-0.2, 0) is 0 Å². The number of aromatic nitrogens is 1. The van der Waals surface area contributed by atoms with Gasteiger partial charge in [0.05, 0.1) is 10.4 Å². The van der Waals surface area contributed by atoms with Gasteiger partial charge in [0, 0.05) is 39.6 Å². The van der Waals surface area contributed by atoms with E-state index < -0.39 is 0 Å². The van der Waals surface area contributed by atoms with Crippen molar-refractivity contribution >= 4 is 39.6 Å². The molecule has 0 aliphatic carbocycles. The molecule has 0 spiro atoms. The number of nitro benzene ring substituents is 1. The van der Waals surface area contributed by atoms with Gasteiger partial charge in [0.2, 0.25) is 0 Å². The van der Waals surface area contributed by atoms with Gasteiger partial charge in [0.1, 0.15) is 0 Å². The summed E-state index contributed by atoms with van der Waals surface area (Å²) in [6.45, 7) is 1.71. The highest BCUT2D eigenvalue weighted by molar-refractivity contribution is 6.31. The number of aryl methyl sites for hydroxylation is 1. The lowest BCUT2D eigenvalue weighted by Crippen LogP contribution is -1.96. The van der Waals surface area contributed by atoms with Crippen LogP contribution in [0.2, 0.25) is 5.02 Å². The summed E-state index contributed by atoms with van der Waals surface area (Å²) in [5, 5.41) is 15.7. The lowest BCUT2D eigenvalue weighted by atomic mass is 10.1. The minimum atomic E-state index is -0.387. The van der Waals surface area contributed by atoms with E-state index in [9.17, 15) is 10.1 Å². The van der Waals surface area contributed by atoms with E-state index in [1.807, 2.05) is 18.2 Å². The van der Waals surface area contributed by atoms with Crippen molar-refractivity contribution in [3.63, 3.8) is 0 Å². The number of pyridine rings is 1. The van der Waals surface area contributed by atoms with E-state index in [0.717, 1.165) is 16.6 Å². The van der Waals surface area contributed by atoms with Crippen LogP contribution in [0.4, 0.5) is 17.1 Å². The second-order valence-corrected chi connectivity index (χ2v) is 5.34. The number of nitrogens with one attached hydrogen (secondary N) is 1. The minimum absolute atomic E-state index is 0.0846. The lowest BCUT2D eigenvalue weighted by Gasteiger charge is -2.10. The van der Waals surface area contributed by atoms with Crippen LogP contribution in [0, 0.1) is 17.0 Å². The highest BCUT2D eigenvalue weighted by Gasteiger charge is 2.11. The molecule has 2 aromatic carbocycles.